The van der Waals surface area contributed by atoms with Gasteiger partial charge in [0.25, 0.3) is 0 Å². The number of benzene rings is 1. The van der Waals surface area contributed by atoms with Crippen molar-refractivity contribution in [2.45, 2.75) is 12.8 Å². The fourth-order valence-corrected chi connectivity index (χ4v) is 2.00. The molecule has 0 aromatic heterocycles. The number of hydrogen-bond donors (Lipinski definition) is 0. The molecule has 0 bridgehead atoms. The molecule has 2 nitrogen and oxygen atoms in total. The van der Waals surface area contributed by atoms with Gasteiger partial charge in [0.2, 0.25) is 0 Å². The molecule has 80 valence electrons. The van der Waals surface area contributed by atoms with E-state index >= 15 is 0 Å². The minimum absolute atomic E-state index is 0.350. The van der Waals surface area contributed by atoms with E-state index in [0.29, 0.717) is 23.3 Å². The van der Waals surface area contributed by atoms with E-state index in [9.17, 15) is 0 Å². The molecule has 1 aliphatic heterocycles. The molecule has 1 aliphatic rings. The summed E-state index contributed by atoms with van der Waals surface area (Å²) in [4.78, 5) is 0. The predicted molar refractivity (Wildman–Crippen MR) is 63.0 cm³/mol. The first kappa shape index (κ1) is 11.3. The van der Waals surface area contributed by atoms with Crippen LogP contribution in [0.25, 0.3) is 0 Å². The first-order valence-electron chi connectivity index (χ1n) is 4.95. The molecule has 0 spiro atoms. The monoisotopic (exact) mass is 244 g/mol. The summed E-state index contributed by atoms with van der Waals surface area (Å²) in [7, 11) is -0.350. The third-order valence-electron chi connectivity index (χ3n) is 2.29. The summed E-state index contributed by atoms with van der Waals surface area (Å²) in [6.45, 7) is 1.42. The van der Waals surface area contributed by atoms with Crippen LogP contribution in [0.2, 0.25) is 10.0 Å². The first-order valence-corrected chi connectivity index (χ1v) is 5.71. The van der Waals surface area contributed by atoms with Gasteiger partial charge in [0.1, 0.15) is 0 Å². The highest BCUT2D eigenvalue weighted by molar-refractivity contribution is 6.65. The van der Waals surface area contributed by atoms with Gasteiger partial charge < -0.3 is 9.31 Å². The molecular formula is C10H11BCl2O2. The molecule has 1 heterocycles. The van der Waals surface area contributed by atoms with Crippen molar-refractivity contribution in [3.63, 3.8) is 0 Å². The van der Waals surface area contributed by atoms with Crippen LogP contribution in [0.1, 0.15) is 12.8 Å². The molecule has 0 radical (unpaired) electrons. The van der Waals surface area contributed by atoms with Crippen LogP contribution >= 0.6 is 23.2 Å². The van der Waals surface area contributed by atoms with Crippen molar-refractivity contribution >= 4 is 35.8 Å². The minimum atomic E-state index is -0.350. The van der Waals surface area contributed by atoms with Crippen molar-refractivity contribution in [3.8, 4) is 0 Å². The summed E-state index contributed by atoms with van der Waals surface area (Å²) in [6.07, 6.45) is 2.06. The molecule has 0 atom stereocenters. The Bertz CT molecular complexity index is 338. The molecule has 1 fully saturated rings. The van der Waals surface area contributed by atoms with E-state index in [0.717, 1.165) is 18.3 Å². The Labute approximate surface area is 99.6 Å². The van der Waals surface area contributed by atoms with Gasteiger partial charge in [-0.05, 0) is 25.0 Å². The second kappa shape index (κ2) is 5.22. The molecule has 0 unspecified atom stereocenters. The molecule has 5 heteroatoms. The van der Waals surface area contributed by atoms with Crippen LogP contribution in [-0.2, 0) is 9.31 Å². The maximum atomic E-state index is 6.07. The van der Waals surface area contributed by atoms with Crippen LogP contribution in [0.3, 0.4) is 0 Å². The topological polar surface area (TPSA) is 18.5 Å². The lowest BCUT2D eigenvalue weighted by Crippen LogP contribution is -2.37. The largest absolute Gasteiger partial charge is 0.495 e. The van der Waals surface area contributed by atoms with Crippen LogP contribution in [-0.4, -0.2) is 20.3 Å². The highest BCUT2D eigenvalue weighted by atomic mass is 35.5. The third kappa shape index (κ3) is 2.88. The van der Waals surface area contributed by atoms with Crippen molar-refractivity contribution in [1.82, 2.24) is 0 Å². The van der Waals surface area contributed by atoms with Crippen molar-refractivity contribution in [2.24, 2.45) is 0 Å². The van der Waals surface area contributed by atoms with Crippen molar-refractivity contribution in [1.29, 1.82) is 0 Å². The van der Waals surface area contributed by atoms with E-state index in [2.05, 4.69) is 0 Å². The molecule has 2 rings (SSSR count). The minimum Gasteiger partial charge on any atom is -0.407 e. The molecule has 0 aliphatic carbocycles. The van der Waals surface area contributed by atoms with Gasteiger partial charge in [-0.1, -0.05) is 29.3 Å². The quantitative estimate of drug-likeness (QED) is 0.707. The zero-order valence-corrected chi connectivity index (χ0v) is 9.72. The van der Waals surface area contributed by atoms with Gasteiger partial charge >= 0.3 is 7.12 Å². The van der Waals surface area contributed by atoms with Crippen LogP contribution in [0.4, 0.5) is 0 Å². The van der Waals surface area contributed by atoms with Crippen molar-refractivity contribution in [2.75, 3.05) is 13.2 Å². The Morgan fingerprint density at radius 3 is 2.33 bits per heavy atom. The van der Waals surface area contributed by atoms with Gasteiger partial charge in [0.05, 0.1) is 0 Å². The maximum Gasteiger partial charge on any atom is 0.495 e. The third-order valence-corrected chi connectivity index (χ3v) is 2.86. The summed E-state index contributed by atoms with van der Waals surface area (Å²) in [5, 5.41) is 1.21. The maximum absolute atomic E-state index is 6.07. The molecule has 1 aromatic carbocycles. The molecule has 15 heavy (non-hydrogen) atoms. The number of halogens is 2. The van der Waals surface area contributed by atoms with Crippen LogP contribution in [0, 0.1) is 0 Å². The Balaban J connectivity index is 2.19. The van der Waals surface area contributed by atoms with Gasteiger partial charge in [-0.3, -0.25) is 0 Å². The lowest BCUT2D eigenvalue weighted by molar-refractivity contribution is 0.247. The summed E-state index contributed by atoms with van der Waals surface area (Å²) >= 11 is 11.9. The second-order valence-electron chi connectivity index (χ2n) is 3.45. The molecule has 1 saturated heterocycles. The van der Waals surface area contributed by atoms with E-state index in [1.165, 1.54) is 0 Å². The van der Waals surface area contributed by atoms with E-state index < -0.39 is 0 Å². The fraction of sp³-hybridized carbons (Fsp3) is 0.400. The van der Waals surface area contributed by atoms with Gasteiger partial charge in [-0.15, -0.1) is 0 Å². The summed E-state index contributed by atoms with van der Waals surface area (Å²) < 4.78 is 11.1. The predicted octanol–water partition coefficient (Wildman–Crippen LogP) is 2.52. The molecule has 0 amide bonds. The lowest BCUT2D eigenvalue weighted by atomic mass is 9.79. The van der Waals surface area contributed by atoms with Crippen LogP contribution in [0.15, 0.2) is 18.2 Å². The average molecular weight is 245 g/mol. The lowest BCUT2D eigenvalue weighted by Gasteiger charge is -2.12. The van der Waals surface area contributed by atoms with Gasteiger partial charge in [-0.2, -0.15) is 0 Å². The van der Waals surface area contributed by atoms with Crippen LogP contribution < -0.4 is 5.46 Å². The number of hydrogen-bond acceptors (Lipinski definition) is 2. The highest BCUT2D eigenvalue weighted by Gasteiger charge is 2.25. The van der Waals surface area contributed by atoms with Crippen molar-refractivity contribution < 1.29 is 9.31 Å². The van der Waals surface area contributed by atoms with E-state index in [1.54, 1.807) is 12.1 Å². The van der Waals surface area contributed by atoms with E-state index in [1.807, 2.05) is 6.07 Å². The van der Waals surface area contributed by atoms with Crippen LogP contribution in [0.5, 0.6) is 0 Å². The standard InChI is InChI=1S/C10H11BCl2O2/c12-8-3-4-9(10(13)7-8)11-14-5-1-2-6-15-11/h3-4,7H,1-2,5-6H2. The SMILES string of the molecule is Clc1ccc(B2OCCCCO2)c(Cl)c1. The average Bonchev–Trinajstić information content (AvgIpc) is 2.46. The van der Waals surface area contributed by atoms with Gasteiger partial charge in [0.15, 0.2) is 0 Å². The molecule has 0 N–H and O–H groups in total. The summed E-state index contributed by atoms with van der Waals surface area (Å²) in [5.74, 6) is 0. The molecule has 1 aromatic rings. The van der Waals surface area contributed by atoms with Crippen molar-refractivity contribution in [3.05, 3.63) is 28.2 Å². The smallest absolute Gasteiger partial charge is 0.407 e. The zero-order chi connectivity index (χ0) is 10.7. The Hall–Kier alpha value is -0.215. The normalized spacial score (nSPS) is 17.6. The van der Waals surface area contributed by atoms with Gasteiger partial charge in [0, 0.05) is 28.7 Å². The molecule has 0 saturated carbocycles. The zero-order valence-electron chi connectivity index (χ0n) is 8.21. The second-order valence-corrected chi connectivity index (χ2v) is 4.29. The number of rotatable bonds is 1. The Kier molecular flexibility index (Phi) is 3.92. The van der Waals surface area contributed by atoms with E-state index in [4.69, 9.17) is 32.5 Å². The fourth-order valence-electron chi connectivity index (χ4n) is 1.51. The summed E-state index contributed by atoms with van der Waals surface area (Å²) in [5.41, 5.74) is 0.850. The summed E-state index contributed by atoms with van der Waals surface area (Å²) in [6, 6.07) is 5.34. The highest BCUT2D eigenvalue weighted by Crippen LogP contribution is 2.15. The van der Waals surface area contributed by atoms with Gasteiger partial charge in [-0.25, -0.2) is 0 Å². The molecular weight excluding hydrogens is 234 g/mol. The Morgan fingerprint density at radius 1 is 1.07 bits per heavy atom. The Morgan fingerprint density at radius 2 is 1.73 bits per heavy atom. The van der Waals surface area contributed by atoms with E-state index in [-0.39, 0.29) is 7.12 Å². The first-order chi connectivity index (χ1) is 7.27.